The van der Waals surface area contributed by atoms with Gasteiger partial charge in [-0.05, 0) is 12.1 Å². The van der Waals surface area contributed by atoms with E-state index in [1.165, 1.54) is 0 Å². The first-order chi connectivity index (χ1) is 7.06. The Morgan fingerprint density at radius 1 is 1.33 bits per heavy atom. The number of hydrogen-bond donors (Lipinski definition) is 1. The summed E-state index contributed by atoms with van der Waals surface area (Å²) >= 11 is 0. The first-order valence-electron chi connectivity index (χ1n) is 3.74. The summed E-state index contributed by atoms with van der Waals surface area (Å²) < 4.78 is 26.0. The van der Waals surface area contributed by atoms with Gasteiger partial charge < -0.3 is 5.11 Å². The SMILES string of the molecule is O=Cc1ccc(C#CC(=O)O)c(F)c1F. The Labute approximate surface area is 83.3 Å². The lowest BCUT2D eigenvalue weighted by Gasteiger charge is -1.98. The lowest BCUT2D eigenvalue weighted by Crippen LogP contribution is -1.96. The molecule has 0 heterocycles. The smallest absolute Gasteiger partial charge is 0.382 e. The molecule has 0 radical (unpaired) electrons. The second-order valence-electron chi connectivity index (χ2n) is 2.50. The van der Waals surface area contributed by atoms with Gasteiger partial charge in [0.2, 0.25) is 0 Å². The Balaban J connectivity index is 3.25. The fourth-order valence-corrected chi connectivity index (χ4v) is 0.873. The monoisotopic (exact) mass is 210 g/mol. The highest BCUT2D eigenvalue weighted by Gasteiger charge is 2.11. The van der Waals surface area contributed by atoms with Gasteiger partial charge >= 0.3 is 5.97 Å². The van der Waals surface area contributed by atoms with Gasteiger partial charge in [-0.25, -0.2) is 13.6 Å². The molecule has 0 atom stereocenters. The highest BCUT2D eigenvalue weighted by molar-refractivity contribution is 5.87. The highest BCUT2D eigenvalue weighted by Crippen LogP contribution is 2.13. The van der Waals surface area contributed by atoms with E-state index in [9.17, 15) is 18.4 Å². The number of carboxylic acids is 1. The van der Waals surface area contributed by atoms with E-state index in [1.807, 2.05) is 5.92 Å². The van der Waals surface area contributed by atoms with Gasteiger partial charge in [0, 0.05) is 5.92 Å². The minimum atomic E-state index is -1.45. The number of aliphatic carboxylic acids is 1. The van der Waals surface area contributed by atoms with E-state index in [1.54, 1.807) is 5.92 Å². The Hall–Kier alpha value is -2.22. The summed E-state index contributed by atoms with van der Waals surface area (Å²) in [5.41, 5.74) is -0.839. The van der Waals surface area contributed by atoms with E-state index >= 15 is 0 Å². The molecule has 76 valence electrons. The molecule has 1 N–H and O–H groups in total. The molecule has 0 saturated carbocycles. The predicted octanol–water partition coefficient (Wildman–Crippen LogP) is 1.21. The fraction of sp³-hybridized carbons (Fsp3) is 0. The zero-order valence-corrected chi connectivity index (χ0v) is 7.25. The maximum Gasteiger partial charge on any atom is 0.382 e. The number of rotatable bonds is 1. The molecule has 0 saturated heterocycles. The van der Waals surface area contributed by atoms with E-state index < -0.39 is 28.7 Å². The van der Waals surface area contributed by atoms with E-state index in [0.717, 1.165) is 12.1 Å². The van der Waals surface area contributed by atoms with E-state index in [4.69, 9.17) is 5.11 Å². The summed E-state index contributed by atoms with van der Waals surface area (Å²) in [7, 11) is 0. The molecular weight excluding hydrogens is 206 g/mol. The molecule has 0 aliphatic carbocycles. The van der Waals surface area contributed by atoms with Crippen molar-refractivity contribution in [1.82, 2.24) is 0 Å². The molecular formula is C10H4F2O3. The Bertz CT molecular complexity index is 483. The Morgan fingerprint density at radius 2 is 2.00 bits per heavy atom. The number of aldehydes is 1. The molecule has 0 bridgehead atoms. The molecule has 0 unspecified atom stereocenters. The van der Waals surface area contributed by atoms with Crippen molar-refractivity contribution in [2.24, 2.45) is 0 Å². The second-order valence-corrected chi connectivity index (χ2v) is 2.50. The van der Waals surface area contributed by atoms with Crippen LogP contribution in [0.3, 0.4) is 0 Å². The minimum Gasteiger partial charge on any atom is -0.472 e. The van der Waals surface area contributed by atoms with Crippen LogP contribution < -0.4 is 0 Å². The maximum atomic E-state index is 13.1. The van der Waals surface area contributed by atoms with E-state index in [2.05, 4.69) is 0 Å². The lowest BCUT2D eigenvalue weighted by atomic mass is 10.1. The van der Waals surface area contributed by atoms with Crippen LogP contribution in [0.5, 0.6) is 0 Å². The van der Waals surface area contributed by atoms with Crippen LogP contribution in [0.4, 0.5) is 8.78 Å². The first-order valence-corrected chi connectivity index (χ1v) is 3.74. The molecule has 1 rings (SSSR count). The number of hydrogen-bond acceptors (Lipinski definition) is 2. The van der Waals surface area contributed by atoms with Gasteiger partial charge in [-0.1, -0.05) is 5.92 Å². The lowest BCUT2D eigenvalue weighted by molar-refractivity contribution is -0.130. The minimum absolute atomic E-state index is 0.160. The third-order valence-corrected chi connectivity index (χ3v) is 1.54. The van der Waals surface area contributed by atoms with Gasteiger partial charge in [-0.3, -0.25) is 4.79 Å². The second kappa shape index (κ2) is 4.33. The molecule has 0 aliphatic heterocycles. The molecule has 5 heteroatoms. The fourth-order valence-electron chi connectivity index (χ4n) is 0.873. The average Bonchev–Trinajstić information content (AvgIpc) is 2.20. The van der Waals surface area contributed by atoms with Gasteiger partial charge in [0.15, 0.2) is 17.9 Å². The van der Waals surface area contributed by atoms with E-state index in [-0.39, 0.29) is 6.29 Å². The highest BCUT2D eigenvalue weighted by atomic mass is 19.2. The molecule has 0 amide bonds. The van der Waals surface area contributed by atoms with Crippen molar-refractivity contribution >= 4 is 12.3 Å². The molecule has 0 aromatic heterocycles. The third-order valence-electron chi connectivity index (χ3n) is 1.54. The van der Waals surface area contributed by atoms with Gasteiger partial charge in [-0.2, -0.15) is 0 Å². The topological polar surface area (TPSA) is 54.4 Å². The van der Waals surface area contributed by atoms with Crippen LogP contribution in [0.1, 0.15) is 15.9 Å². The maximum absolute atomic E-state index is 13.1. The summed E-state index contributed by atoms with van der Waals surface area (Å²) in [6.45, 7) is 0. The van der Waals surface area contributed by atoms with Crippen LogP contribution in [0.15, 0.2) is 12.1 Å². The number of benzene rings is 1. The quantitative estimate of drug-likeness (QED) is 0.560. The van der Waals surface area contributed by atoms with Crippen LogP contribution in [-0.2, 0) is 4.79 Å². The molecule has 0 spiro atoms. The van der Waals surface area contributed by atoms with Crippen LogP contribution in [0, 0.1) is 23.5 Å². The van der Waals surface area contributed by atoms with Crippen molar-refractivity contribution in [2.45, 2.75) is 0 Å². The van der Waals surface area contributed by atoms with Gasteiger partial charge in [-0.15, -0.1) is 0 Å². The summed E-state index contributed by atoms with van der Waals surface area (Å²) in [5, 5.41) is 8.19. The summed E-state index contributed by atoms with van der Waals surface area (Å²) in [4.78, 5) is 20.3. The van der Waals surface area contributed by atoms with Crippen LogP contribution in [-0.4, -0.2) is 17.4 Å². The molecule has 3 nitrogen and oxygen atoms in total. The van der Waals surface area contributed by atoms with Crippen molar-refractivity contribution in [3.8, 4) is 11.8 Å². The van der Waals surface area contributed by atoms with Crippen molar-refractivity contribution in [3.05, 3.63) is 34.9 Å². The van der Waals surface area contributed by atoms with Crippen molar-refractivity contribution < 1.29 is 23.5 Å². The van der Waals surface area contributed by atoms with Crippen LogP contribution in [0.25, 0.3) is 0 Å². The molecule has 15 heavy (non-hydrogen) atoms. The van der Waals surface area contributed by atoms with Crippen LogP contribution >= 0.6 is 0 Å². The zero-order chi connectivity index (χ0) is 11.4. The predicted molar refractivity (Wildman–Crippen MR) is 46.3 cm³/mol. The molecule has 1 aromatic carbocycles. The number of carbonyl (C=O) groups is 2. The third kappa shape index (κ3) is 2.38. The molecule has 0 aliphatic rings. The molecule has 0 fully saturated rings. The first kappa shape index (κ1) is 10.9. The summed E-state index contributed by atoms with van der Waals surface area (Å²) in [6.07, 6.45) is 0.160. The van der Waals surface area contributed by atoms with Gasteiger partial charge in [0.1, 0.15) is 0 Å². The largest absolute Gasteiger partial charge is 0.472 e. The summed E-state index contributed by atoms with van der Waals surface area (Å²) in [6, 6.07) is 2.06. The van der Waals surface area contributed by atoms with Crippen molar-refractivity contribution in [2.75, 3.05) is 0 Å². The Kier molecular flexibility index (Phi) is 3.13. The number of carbonyl (C=O) groups excluding carboxylic acids is 1. The van der Waals surface area contributed by atoms with E-state index in [0.29, 0.717) is 0 Å². The number of carboxylic acid groups (broad SMARTS) is 1. The normalized spacial score (nSPS) is 8.93. The van der Waals surface area contributed by atoms with Crippen LogP contribution in [0.2, 0.25) is 0 Å². The van der Waals surface area contributed by atoms with Crippen molar-refractivity contribution in [1.29, 1.82) is 0 Å². The number of halogens is 2. The molecule has 1 aromatic rings. The zero-order valence-electron chi connectivity index (χ0n) is 7.25. The average molecular weight is 210 g/mol. The van der Waals surface area contributed by atoms with Gasteiger partial charge in [0.05, 0.1) is 11.1 Å². The summed E-state index contributed by atoms with van der Waals surface area (Å²) in [5.74, 6) is -0.544. The Morgan fingerprint density at radius 3 is 2.53 bits per heavy atom. The van der Waals surface area contributed by atoms with Crippen molar-refractivity contribution in [3.63, 3.8) is 0 Å². The standard InChI is InChI=1S/C10H4F2O3/c11-9-6(3-4-8(14)15)1-2-7(5-13)10(9)12/h1-2,5H,(H,14,15). The van der Waals surface area contributed by atoms with Gasteiger partial charge in [0.25, 0.3) is 0 Å².